The normalized spacial score (nSPS) is 19.7. The number of fused-ring (bicyclic) bond motifs is 4. The van der Waals surface area contributed by atoms with Crippen molar-refractivity contribution >= 4 is 17.6 Å². The van der Waals surface area contributed by atoms with Crippen LogP contribution in [0.3, 0.4) is 0 Å². The topological polar surface area (TPSA) is 77.8 Å². The maximum atomic E-state index is 13.1. The van der Waals surface area contributed by atoms with Gasteiger partial charge in [-0.15, -0.1) is 0 Å². The molecule has 2 aromatic carbocycles. The Morgan fingerprint density at radius 2 is 1.64 bits per heavy atom. The standard InChI is InChI=1S/C26H28N4O3/c31-25(30-17-16-29-14-12-22(30)13-15-29)24-11-10-23(33-24)20-6-8-21(9-7-20)28-26(32)27-18-19-4-2-1-3-5-19/h1-11,22H,12-18H2,(H2,27,28,32). The van der Waals surface area contributed by atoms with E-state index in [-0.39, 0.29) is 11.9 Å². The highest BCUT2D eigenvalue weighted by atomic mass is 16.4. The van der Waals surface area contributed by atoms with E-state index in [4.69, 9.17) is 4.42 Å². The second kappa shape index (κ2) is 9.50. The van der Waals surface area contributed by atoms with Crippen LogP contribution in [0.5, 0.6) is 0 Å². The number of carbonyl (C=O) groups excluding carboxylic acids is 2. The predicted octanol–water partition coefficient (Wildman–Crippen LogP) is 4.19. The first-order valence-corrected chi connectivity index (χ1v) is 11.5. The largest absolute Gasteiger partial charge is 0.451 e. The Bertz CT molecular complexity index is 1100. The summed E-state index contributed by atoms with van der Waals surface area (Å²) in [6.45, 7) is 4.30. The Labute approximate surface area is 193 Å². The molecule has 3 aromatic rings. The summed E-state index contributed by atoms with van der Waals surface area (Å²) in [7, 11) is 0. The number of hydrogen-bond acceptors (Lipinski definition) is 4. The maximum Gasteiger partial charge on any atom is 0.319 e. The molecule has 2 N–H and O–H groups in total. The molecule has 170 valence electrons. The molecule has 0 aliphatic carbocycles. The molecule has 0 unspecified atom stereocenters. The first-order chi connectivity index (χ1) is 16.2. The third kappa shape index (κ3) is 4.93. The quantitative estimate of drug-likeness (QED) is 0.619. The van der Waals surface area contributed by atoms with E-state index in [9.17, 15) is 9.59 Å². The molecule has 0 saturated carbocycles. The molecule has 3 amide bonds. The minimum absolute atomic E-state index is 0.0247. The molecule has 7 heteroatoms. The molecular weight excluding hydrogens is 416 g/mol. The highest BCUT2D eigenvalue weighted by Crippen LogP contribution is 2.27. The molecule has 3 fully saturated rings. The molecule has 2 bridgehead atoms. The van der Waals surface area contributed by atoms with Crippen molar-refractivity contribution in [2.24, 2.45) is 0 Å². The van der Waals surface area contributed by atoms with E-state index < -0.39 is 0 Å². The minimum atomic E-state index is -0.264. The lowest BCUT2D eigenvalue weighted by molar-refractivity contribution is 0.0653. The predicted molar refractivity (Wildman–Crippen MR) is 127 cm³/mol. The third-order valence-electron chi connectivity index (χ3n) is 6.46. The molecule has 3 aliphatic heterocycles. The Kier molecular flexibility index (Phi) is 6.13. The fourth-order valence-corrected chi connectivity index (χ4v) is 4.57. The molecule has 0 radical (unpaired) electrons. The number of furan rings is 1. The minimum Gasteiger partial charge on any atom is -0.451 e. The van der Waals surface area contributed by atoms with Crippen LogP contribution in [0.1, 0.15) is 29.0 Å². The van der Waals surface area contributed by atoms with Crippen molar-refractivity contribution in [3.63, 3.8) is 0 Å². The smallest absolute Gasteiger partial charge is 0.319 e. The summed E-state index contributed by atoms with van der Waals surface area (Å²) in [4.78, 5) is 29.7. The Balaban J connectivity index is 1.19. The zero-order valence-corrected chi connectivity index (χ0v) is 18.5. The Morgan fingerprint density at radius 1 is 0.879 bits per heavy atom. The number of amides is 3. The Morgan fingerprint density at radius 3 is 2.39 bits per heavy atom. The van der Waals surface area contributed by atoms with E-state index in [0.29, 0.717) is 29.8 Å². The lowest BCUT2D eigenvalue weighted by Crippen LogP contribution is -2.41. The van der Waals surface area contributed by atoms with Crippen LogP contribution in [0, 0.1) is 0 Å². The molecule has 33 heavy (non-hydrogen) atoms. The van der Waals surface area contributed by atoms with Gasteiger partial charge in [0.1, 0.15) is 5.76 Å². The number of nitrogens with one attached hydrogen (secondary N) is 2. The van der Waals surface area contributed by atoms with E-state index in [0.717, 1.165) is 50.1 Å². The van der Waals surface area contributed by atoms with Gasteiger partial charge < -0.3 is 24.9 Å². The van der Waals surface area contributed by atoms with Gasteiger partial charge in [-0.3, -0.25) is 4.79 Å². The van der Waals surface area contributed by atoms with Gasteiger partial charge >= 0.3 is 6.03 Å². The summed E-state index contributed by atoms with van der Waals surface area (Å²) in [5.74, 6) is 0.998. The molecule has 4 heterocycles. The van der Waals surface area contributed by atoms with Crippen LogP contribution < -0.4 is 10.6 Å². The monoisotopic (exact) mass is 444 g/mol. The van der Waals surface area contributed by atoms with Crippen LogP contribution in [-0.4, -0.2) is 54.0 Å². The molecule has 1 aromatic heterocycles. The highest BCUT2D eigenvalue weighted by molar-refractivity contribution is 5.92. The van der Waals surface area contributed by atoms with Crippen molar-refractivity contribution in [2.75, 3.05) is 31.5 Å². The zero-order valence-electron chi connectivity index (χ0n) is 18.5. The number of rotatable bonds is 5. The summed E-state index contributed by atoms with van der Waals surface area (Å²) in [5, 5.41) is 5.68. The van der Waals surface area contributed by atoms with Crippen LogP contribution >= 0.6 is 0 Å². The second-order valence-electron chi connectivity index (χ2n) is 8.61. The van der Waals surface area contributed by atoms with Crippen LogP contribution in [0.2, 0.25) is 0 Å². The molecule has 7 nitrogen and oxygen atoms in total. The van der Waals surface area contributed by atoms with Crippen LogP contribution in [0.25, 0.3) is 11.3 Å². The van der Waals surface area contributed by atoms with Gasteiger partial charge in [0.2, 0.25) is 0 Å². The molecule has 6 rings (SSSR count). The van der Waals surface area contributed by atoms with Crippen LogP contribution in [-0.2, 0) is 6.54 Å². The molecule has 3 aliphatic rings. The maximum absolute atomic E-state index is 13.1. The van der Waals surface area contributed by atoms with Gasteiger partial charge in [0.15, 0.2) is 5.76 Å². The summed E-state index contributed by atoms with van der Waals surface area (Å²) in [5.41, 5.74) is 2.58. The van der Waals surface area contributed by atoms with Gasteiger partial charge in [-0.05, 0) is 54.8 Å². The molecule has 0 spiro atoms. The number of carbonyl (C=O) groups is 2. The van der Waals surface area contributed by atoms with Crippen molar-refractivity contribution in [3.8, 4) is 11.3 Å². The van der Waals surface area contributed by atoms with E-state index >= 15 is 0 Å². The van der Waals surface area contributed by atoms with E-state index in [2.05, 4.69) is 15.5 Å². The molecular formula is C26H28N4O3. The third-order valence-corrected chi connectivity index (χ3v) is 6.46. The van der Waals surface area contributed by atoms with Gasteiger partial charge in [0, 0.05) is 50.0 Å². The van der Waals surface area contributed by atoms with E-state index in [1.165, 1.54) is 0 Å². The summed E-state index contributed by atoms with van der Waals surface area (Å²) in [6, 6.07) is 20.8. The SMILES string of the molecule is O=C(NCc1ccccc1)Nc1ccc(-c2ccc(C(=O)N3CCN4CCC3CC4)o2)cc1. The highest BCUT2D eigenvalue weighted by Gasteiger charge is 2.33. The number of hydrogen-bond donors (Lipinski definition) is 2. The zero-order chi connectivity index (χ0) is 22.6. The van der Waals surface area contributed by atoms with Gasteiger partial charge in [-0.25, -0.2) is 4.79 Å². The first kappa shape index (κ1) is 21.3. The van der Waals surface area contributed by atoms with Gasteiger partial charge in [0.05, 0.1) is 0 Å². The molecule has 0 atom stereocenters. The average Bonchev–Trinajstić information content (AvgIpc) is 3.16. The van der Waals surface area contributed by atoms with Gasteiger partial charge in [-0.2, -0.15) is 0 Å². The van der Waals surface area contributed by atoms with Crippen molar-refractivity contribution in [3.05, 3.63) is 78.1 Å². The Hall–Kier alpha value is -3.58. The van der Waals surface area contributed by atoms with Crippen molar-refractivity contribution in [2.45, 2.75) is 25.4 Å². The van der Waals surface area contributed by atoms with E-state index in [1.807, 2.05) is 65.6 Å². The number of urea groups is 1. The molecule has 3 saturated heterocycles. The fourth-order valence-electron chi connectivity index (χ4n) is 4.57. The van der Waals surface area contributed by atoms with Crippen LogP contribution in [0.4, 0.5) is 10.5 Å². The summed E-state index contributed by atoms with van der Waals surface area (Å²) >= 11 is 0. The van der Waals surface area contributed by atoms with Gasteiger partial charge in [-0.1, -0.05) is 30.3 Å². The first-order valence-electron chi connectivity index (χ1n) is 11.5. The number of benzene rings is 2. The average molecular weight is 445 g/mol. The summed E-state index contributed by atoms with van der Waals surface area (Å²) < 4.78 is 5.94. The number of anilines is 1. The van der Waals surface area contributed by atoms with Gasteiger partial charge in [0.25, 0.3) is 5.91 Å². The second-order valence-corrected chi connectivity index (χ2v) is 8.61. The van der Waals surface area contributed by atoms with E-state index in [1.54, 1.807) is 6.07 Å². The fraction of sp³-hybridized carbons (Fsp3) is 0.308. The van der Waals surface area contributed by atoms with Crippen molar-refractivity contribution in [1.29, 1.82) is 0 Å². The number of nitrogens with zero attached hydrogens (tertiary/aromatic N) is 2. The van der Waals surface area contributed by atoms with Crippen LogP contribution in [0.15, 0.2) is 71.1 Å². The lowest BCUT2D eigenvalue weighted by atomic mass is 10.1. The lowest BCUT2D eigenvalue weighted by Gasteiger charge is -2.30. The van der Waals surface area contributed by atoms with Crippen molar-refractivity contribution in [1.82, 2.24) is 15.1 Å². The summed E-state index contributed by atoms with van der Waals surface area (Å²) in [6.07, 6.45) is 2.07. The number of piperidine rings is 1. The van der Waals surface area contributed by atoms with Crippen molar-refractivity contribution < 1.29 is 14.0 Å².